The van der Waals surface area contributed by atoms with Crippen molar-refractivity contribution in [3.63, 3.8) is 0 Å². The Bertz CT molecular complexity index is 798. The lowest BCUT2D eigenvalue weighted by molar-refractivity contribution is 0.0289. The summed E-state index contributed by atoms with van der Waals surface area (Å²) in [5.74, 6) is 0. The van der Waals surface area contributed by atoms with E-state index < -0.39 is 18.9 Å². The highest BCUT2D eigenvalue weighted by Gasteiger charge is 2.78. The van der Waals surface area contributed by atoms with E-state index in [1.165, 1.54) is 0 Å². The third-order valence-electron chi connectivity index (χ3n) is 5.98. The first kappa shape index (κ1) is 17.0. The predicted molar refractivity (Wildman–Crippen MR) is 105 cm³/mol. The SMILES string of the molecule is CC(C)(C)C1OC1(C1(O)c2ccccc2-c2ccccc21)[Si](C)(C)C. The largest absolute Gasteiger partial charge is 0.378 e. The number of rotatable bonds is 2. The summed E-state index contributed by atoms with van der Waals surface area (Å²) in [6, 6.07) is 16.6. The van der Waals surface area contributed by atoms with Crippen LogP contribution in [-0.2, 0) is 10.3 Å². The highest BCUT2D eigenvalue weighted by atomic mass is 28.3. The summed E-state index contributed by atoms with van der Waals surface area (Å²) >= 11 is 0. The van der Waals surface area contributed by atoms with Crippen LogP contribution < -0.4 is 0 Å². The Morgan fingerprint density at radius 1 is 0.880 bits per heavy atom. The second-order valence-corrected chi connectivity index (χ2v) is 14.9. The zero-order valence-corrected chi connectivity index (χ0v) is 17.1. The average molecular weight is 353 g/mol. The molecule has 0 spiro atoms. The van der Waals surface area contributed by atoms with Crippen molar-refractivity contribution in [1.29, 1.82) is 0 Å². The lowest BCUT2D eigenvalue weighted by Crippen LogP contribution is -2.59. The van der Waals surface area contributed by atoms with Gasteiger partial charge in [0.1, 0.15) is 10.8 Å². The van der Waals surface area contributed by atoms with Crippen LogP contribution in [0.4, 0.5) is 0 Å². The van der Waals surface area contributed by atoms with Crippen molar-refractivity contribution in [2.45, 2.75) is 57.3 Å². The van der Waals surface area contributed by atoms with Crippen LogP contribution in [0.5, 0.6) is 0 Å². The Labute approximate surface area is 151 Å². The number of epoxide rings is 1. The second-order valence-electron chi connectivity index (χ2n) is 9.65. The Balaban J connectivity index is 2.04. The molecule has 2 aromatic rings. The third-order valence-corrected chi connectivity index (χ3v) is 8.95. The topological polar surface area (TPSA) is 32.8 Å². The van der Waals surface area contributed by atoms with Gasteiger partial charge in [-0.1, -0.05) is 88.9 Å². The fraction of sp³-hybridized carbons (Fsp3) is 0.455. The van der Waals surface area contributed by atoms with Gasteiger partial charge in [0.05, 0.1) is 14.2 Å². The minimum atomic E-state index is -1.89. The van der Waals surface area contributed by atoms with Gasteiger partial charge in [-0.25, -0.2) is 0 Å². The van der Waals surface area contributed by atoms with Gasteiger partial charge in [0.25, 0.3) is 0 Å². The lowest BCUT2D eigenvalue weighted by atomic mass is 9.79. The quantitative estimate of drug-likeness (QED) is 0.612. The van der Waals surface area contributed by atoms with Gasteiger partial charge in [-0.05, 0) is 27.7 Å². The maximum Gasteiger partial charge on any atom is 0.144 e. The van der Waals surface area contributed by atoms with E-state index in [-0.39, 0.29) is 11.5 Å². The lowest BCUT2D eigenvalue weighted by Gasteiger charge is -2.41. The first-order chi connectivity index (χ1) is 11.5. The van der Waals surface area contributed by atoms with Crippen molar-refractivity contribution in [2.75, 3.05) is 0 Å². The Morgan fingerprint density at radius 3 is 1.68 bits per heavy atom. The molecule has 2 aliphatic rings. The molecular formula is C22H28O2Si. The molecule has 2 unspecified atom stereocenters. The Kier molecular flexibility index (Phi) is 3.30. The van der Waals surface area contributed by atoms with Gasteiger partial charge in [0.15, 0.2) is 0 Å². The van der Waals surface area contributed by atoms with E-state index in [1.807, 2.05) is 12.1 Å². The molecular weight excluding hydrogens is 324 g/mol. The number of ether oxygens (including phenoxy) is 1. The van der Waals surface area contributed by atoms with Crippen LogP contribution in [-0.4, -0.2) is 24.5 Å². The summed E-state index contributed by atoms with van der Waals surface area (Å²) in [6.07, 6.45) is 0.0517. The van der Waals surface area contributed by atoms with Crippen molar-refractivity contribution in [2.24, 2.45) is 5.41 Å². The molecule has 0 bridgehead atoms. The molecule has 1 saturated heterocycles. The first-order valence-corrected chi connectivity index (χ1v) is 12.6. The third kappa shape index (κ3) is 1.97. The summed E-state index contributed by atoms with van der Waals surface area (Å²) < 4.78 is 6.55. The van der Waals surface area contributed by atoms with E-state index in [9.17, 15) is 5.11 Å². The first-order valence-electron chi connectivity index (χ1n) is 9.15. The van der Waals surface area contributed by atoms with Crippen LogP contribution in [0.2, 0.25) is 19.6 Å². The molecule has 25 heavy (non-hydrogen) atoms. The molecule has 0 saturated carbocycles. The zero-order valence-electron chi connectivity index (χ0n) is 16.1. The van der Waals surface area contributed by atoms with Gasteiger partial charge in [-0.2, -0.15) is 0 Å². The van der Waals surface area contributed by atoms with Gasteiger partial charge >= 0.3 is 0 Å². The fourth-order valence-electron chi connectivity index (χ4n) is 4.94. The van der Waals surface area contributed by atoms with Crippen molar-refractivity contribution < 1.29 is 9.84 Å². The van der Waals surface area contributed by atoms with Crippen LogP contribution in [0.1, 0.15) is 31.9 Å². The number of hydrogen-bond acceptors (Lipinski definition) is 2. The predicted octanol–water partition coefficient (Wildman–Crippen LogP) is 4.96. The molecule has 1 aliphatic carbocycles. The molecule has 2 aromatic carbocycles. The van der Waals surface area contributed by atoms with Crippen LogP contribution in [0.25, 0.3) is 11.1 Å². The summed E-state index contributed by atoms with van der Waals surface area (Å²) in [5, 5.41) is 11.9. The number of benzene rings is 2. The van der Waals surface area contributed by atoms with Gasteiger partial charge in [-0.3, -0.25) is 0 Å². The van der Waals surface area contributed by atoms with Crippen molar-refractivity contribution in [3.8, 4) is 11.1 Å². The number of fused-ring (bicyclic) bond motifs is 3. The smallest absolute Gasteiger partial charge is 0.144 e. The molecule has 1 heterocycles. The van der Waals surface area contributed by atoms with Crippen LogP contribution in [0.15, 0.2) is 48.5 Å². The van der Waals surface area contributed by atoms with Gasteiger partial charge in [0.2, 0.25) is 0 Å². The molecule has 2 atom stereocenters. The molecule has 4 rings (SSSR count). The van der Waals surface area contributed by atoms with Crippen LogP contribution >= 0.6 is 0 Å². The van der Waals surface area contributed by atoms with Crippen molar-refractivity contribution >= 4 is 8.07 Å². The highest BCUT2D eigenvalue weighted by Crippen LogP contribution is 2.66. The van der Waals surface area contributed by atoms with Crippen LogP contribution in [0.3, 0.4) is 0 Å². The minimum Gasteiger partial charge on any atom is -0.378 e. The molecule has 0 radical (unpaired) electrons. The van der Waals surface area contributed by atoms with Gasteiger partial charge in [-0.15, -0.1) is 0 Å². The molecule has 1 aliphatic heterocycles. The summed E-state index contributed by atoms with van der Waals surface area (Å²) in [5.41, 5.74) is 3.20. The summed E-state index contributed by atoms with van der Waals surface area (Å²) in [6.45, 7) is 13.6. The maximum absolute atomic E-state index is 12.4. The van der Waals surface area contributed by atoms with Crippen LogP contribution in [0, 0.1) is 5.41 Å². The molecule has 0 aromatic heterocycles. The number of hydrogen-bond donors (Lipinski definition) is 1. The van der Waals surface area contributed by atoms with Crippen molar-refractivity contribution in [1.82, 2.24) is 0 Å². The van der Waals surface area contributed by atoms with Gasteiger partial charge < -0.3 is 9.84 Å². The maximum atomic E-state index is 12.4. The van der Waals surface area contributed by atoms with E-state index in [0.717, 1.165) is 22.3 Å². The number of aliphatic hydroxyl groups is 1. The highest BCUT2D eigenvalue weighted by molar-refractivity contribution is 6.80. The minimum absolute atomic E-state index is 0.0114. The summed E-state index contributed by atoms with van der Waals surface area (Å²) in [4.78, 5) is 0. The molecule has 1 fully saturated rings. The Morgan fingerprint density at radius 2 is 1.32 bits per heavy atom. The van der Waals surface area contributed by atoms with E-state index in [0.29, 0.717) is 0 Å². The monoisotopic (exact) mass is 352 g/mol. The normalized spacial score (nSPS) is 26.9. The van der Waals surface area contributed by atoms with E-state index in [2.05, 4.69) is 76.8 Å². The second kappa shape index (κ2) is 4.85. The van der Waals surface area contributed by atoms with Crippen molar-refractivity contribution in [3.05, 3.63) is 59.7 Å². The van der Waals surface area contributed by atoms with E-state index in [1.54, 1.807) is 0 Å². The molecule has 3 heteroatoms. The molecule has 0 amide bonds. The fourth-order valence-corrected chi connectivity index (χ4v) is 7.98. The standard InChI is InChI=1S/C22H28O2Si/c1-20(2,3)19-22(24-19,25(4,5)6)21(23)17-13-9-7-11-15(17)16-12-8-10-14-18(16)21/h7-14,19,23H,1-6H3. The molecule has 2 nitrogen and oxygen atoms in total. The zero-order chi connectivity index (χ0) is 18.3. The average Bonchev–Trinajstić information content (AvgIpc) is 3.27. The molecule has 132 valence electrons. The Hall–Kier alpha value is -1.42. The van der Waals surface area contributed by atoms with E-state index in [4.69, 9.17) is 4.74 Å². The molecule has 1 N–H and O–H groups in total. The van der Waals surface area contributed by atoms with E-state index >= 15 is 0 Å². The van der Waals surface area contributed by atoms with Gasteiger partial charge in [0, 0.05) is 0 Å². The summed E-state index contributed by atoms with van der Waals surface area (Å²) in [7, 11) is -1.89.